The normalized spacial score (nSPS) is 16.8. The molecule has 1 aromatic heterocycles. The third-order valence-corrected chi connectivity index (χ3v) is 4.44. The van der Waals surface area contributed by atoms with E-state index in [1.165, 1.54) is 5.56 Å². The van der Waals surface area contributed by atoms with Crippen molar-refractivity contribution < 1.29 is 9.53 Å². The van der Waals surface area contributed by atoms with E-state index in [1.807, 2.05) is 30.3 Å². The van der Waals surface area contributed by atoms with Crippen LogP contribution in [0.3, 0.4) is 0 Å². The van der Waals surface area contributed by atoms with Crippen molar-refractivity contribution >= 4 is 32.7 Å². The average molecular weight is 296 g/mol. The molecule has 1 aliphatic heterocycles. The number of esters is 1. The van der Waals surface area contributed by atoms with Crippen LogP contribution >= 0.6 is 11.3 Å². The van der Waals surface area contributed by atoms with Crippen molar-refractivity contribution in [1.82, 2.24) is 4.98 Å². The quantitative estimate of drug-likeness (QED) is 0.729. The first kappa shape index (κ1) is 12.3. The number of hydrogen-bond donors (Lipinski definition) is 1. The van der Waals surface area contributed by atoms with Crippen LogP contribution < -0.4 is 5.32 Å². The molecule has 0 unspecified atom stereocenters. The van der Waals surface area contributed by atoms with Crippen LogP contribution in [0.4, 0.5) is 5.13 Å². The second-order valence-electron chi connectivity index (χ2n) is 5.01. The fourth-order valence-electron chi connectivity index (χ4n) is 2.46. The number of benzene rings is 2. The lowest BCUT2D eigenvalue weighted by Gasteiger charge is -2.11. The molecule has 2 aromatic carbocycles. The summed E-state index contributed by atoms with van der Waals surface area (Å²) in [6, 6.07) is 13.6. The summed E-state index contributed by atoms with van der Waals surface area (Å²) < 4.78 is 6.49. The average Bonchev–Trinajstić information content (AvgIpc) is 3.01. The molecule has 4 rings (SSSR count). The van der Waals surface area contributed by atoms with Gasteiger partial charge in [0.2, 0.25) is 6.23 Å². The Kier molecular flexibility index (Phi) is 2.68. The lowest BCUT2D eigenvalue weighted by atomic mass is 10.1. The van der Waals surface area contributed by atoms with Crippen LogP contribution in [0.15, 0.2) is 42.5 Å². The van der Waals surface area contributed by atoms with Gasteiger partial charge in [0.1, 0.15) is 0 Å². The van der Waals surface area contributed by atoms with Crippen molar-refractivity contribution in [2.45, 2.75) is 13.2 Å². The molecule has 2 heterocycles. The highest BCUT2D eigenvalue weighted by Crippen LogP contribution is 2.34. The molecule has 4 nitrogen and oxygen atoms in total. The Morgan fingerprint density at radius 3 is 3.00 bits per heavy atom. The van der Waals surface area contributed by atoms with E-state index in [-0.39, 0.29) is 5.97 Å². The number of nitrogens with zero attached hydrogens (tertiary/aromatic N) is 1. The van der Waals surface area contributed by atoms with Crippen molar-refractivity contribution in [3.63, 3.8) is 0 Å². The molecule has 1 atom stereocenters. The molecule has 0 saturated carbocycles. The number of aromatic nitrogens is 1. The van der Waals surface area contributed by atoms with Crippen LogP contribution in [0.5, 0.6) is 0 Å². The van der Waals surface area contributed by atoms with Gasteiger partial charge in [-0.05, 0) is 30.7 Å². The van der Waals surface area contributed by atoms with Crippen LogP contribution in [-0.2, 0) is 4.74 Å². The Labute approximate surface area is 125 Å². The van der Waals surface area contributed by atoms with Gasteiger partial charge in [0.05, 0.1) is 15.8 Å². The van der Waals surface area contributed by atoms with Gasteiger partial charge in [0.15, 0.2) is 5.13 Å². The molecule has 0 bridgehead atoms. The van der Waals surface area contributed by atoms with E-state index >= 15 is 0 Å². The Hall–Kier alpha value is -2.40. The van der Waals surface area contributed by atoms with Crippen molar-refractivity contribution in [2.75, 3.05) is 5.32 Å². The minimum Gasteiger partial charge on any atom is -0.434 e. The number of rotatable bonds is 2. The van der Waals surface area contributed by atoms with Gasteiger partial charge >= 0.3 is 5.97 Å². The predicted octanol–water partition coefficient (Wildman–Crippen LogP) is 3.89. The zero-order valence-corrected chi connectivity index (χ0v) is 12.1. The monoisotopic (exact) mass is 296 g/mol. The maximum Gasteiger partial charge on any atom is 0.340 e. The summed E-state index contributed by atoms with van der Waals surface area (Å²) in [4.78, 5) is 16.3. The number of fused-ring (bicyclic) bond motifs is 2. The van der Waals surface area contributed by atoms with Gasteiger partial charge in [-0.25, -0.2) is 9.78 Å². The molecule has 0 saturated heterocycles. The summed E-state index contributed by atoms with van der Waals surface area (Å²) in [5.41, 5.74) is 3.63. The number of carbonyl (C=O) groups is 1. The number of hydrogen-bond acceptors (Lipinski definition) is 5. The summed E-state index contributed by atoms with van der Waals surface area (Å²) in [5, 5.41) is 3.96. The molecule has 5 heteroatoms. The largest absolute Gasteiger partial charge is 0.434 e. The summed E-state index contributed by atoms with van der Waals surface area (Å²) in [5.74, 6) is -0.292. The first-order valence-corrected chi connectivity index (χ1v) is 7.46. The number of nitrogens with one attached hydrogen (secondary N) is 1. The summed E-state index contributed by atoms with van der Waals surface area (Å²) in [6.45, 7) is 2.06. The standard InChI is InChI=1S/C16H12N2O2S/c1-9-6-7-12-13(8-9)21-16(17-12)18-14-10-4-2-3-5-11(10)15(19)20-14/h2-8,14H,1H3,(H,17,18)/t14-/m1/s1. The fraction of sp³-hybridized carbons (Fsp3) is 0.125. The van der Waals surface area contributed by atoms with E-state index in [0.29, 0.717) is 5.56 Å². The summed E-state index contributed by atoms with van der Waals surface area (Å²) in [6.07, 6.45) is -0.463. The number of ether oxygens (including phenoxy) is 1. The van der Waals surface area contributed by atoms with Crippen molar-refractivity contribution in [1.29, 1.82) is 0 Å². The molecule has 0 amide bonds. The van der Waals surface area contributed by atoms with Crippen LogP contribution in [0, 0.1) is 6.92 Å². The zero-order chi connectivity index (χ0) is 14.4. The van der Waals surface area contributed by atoms with Crippen LogP contribution in [0.1, 0.15) is 27.7 Å². The topological polar surface area (TPSA) is 51.2 Å². The van der Waals surface area contributed by atoms with E-state index in [2.05, 4.69) is 23.3 Å². The van der Waals surface area contributed by atoms with Gasteiger partial charge in [0, 0.05) is 5.56 Å². The molecule has 1 N–H and O–H groups in total. The van der Waals surface area contributed by atoms with Crippen molar-refractivity contribution in [3.8, 4) is 0 Å². The fourth-order valence-corrected chi connectivity index (χ4v) is 3.44. The first-order chi connectivity index (χ1) is 10.2. The van der Waals surface area contributed by atoms with E-state index in [4.69, 9.17) is 4.74 Å². The highest BCUT2D eigenvalue weighted by Gasteiger charge is 2.30. The third-order valence-electron chi connectivity index (χ3n) is 3.49. The van der Waals surface area contributed by atoms with Crippen LogP contribution in [0.25, 0.3) is 10.2 Å². The molecular weight excluding hydrogens is 284 g/mol. The molecule has 0 radical (unpaired) electrons. The second-order valence-corrected chi connectivity index (χ2v) is 6.04. The summed E-state index contributed by atoms with van der Waals surface area (Å²) >= 11 is 1.56. The maximum absolute atomic E-state index is 11.8. The molecule has 1 aliphatic rings. The van der Waals surface area contributed by atoms with Gasteiger partial charge in [0.25, 0.3) is 0 Å². The number of carbonyl (C=O) groups excluding carboxylic acids is 1. The molecule has 3 aromatic rings. The van der Waals surface area contributed by atoms with Gasteiger partial charge in [-0.1, -0.05) is 35.6 Å². The number of cyclic esters (lactones) is 1. The SMILES string of the molecule is Cc1ccc2nc(N[C@@H]3OC(=O)c4ccccc43)sc2c1. The molecule has 0 spiro atoms. The number of anilines is 1. The molecule has 21 heavy (non-hydrogen) atoms. The predicted molar refractivity (Wildman–Crippen MR) is 82.6 cm³/mol. The molecular formula is C16H12N2O2S. The zero-order valence-electron chi connectivity index (χ0n) is 11.3. The van der Waals surface area contributed by atoms with E-state index in [1.54, 1.807) is 17.4 Å². The molecule has 0 aliphatic carbocycles. The van der Waals surface area contributed by atoms with Crippen molar-refractivity contribution in [2.24, 2.45) is 0 Å². The third kappa shape index (κ3) is 2.06. The Morgan fingerprint density at radius 1 is 1.24 bits per heavy atom. The smallest absolute Gasteiger partial charge is 0.340 e. The molecule has 104 valence electrons. The highest BCUT2D eigenvalue weighted by molar-refractivity contribution is 7.22. The highest BCUT2D eigenvalue weighted by atomic mass is 32.1. The first-order valence-electron chi connectivity index (χ1n) is 6.64. The molecule has 0 fully saturated rings. The van der Waals surface area contributed by atoms with Crippen LogP contribution in [-0.4, -0.2) is 11.0 Å². The van der Waals surface area contributed by atoms with Gasteiger partial charge in [-0.2, -0.15) is 0 Å². The Morgan fingerprint density at radius 2 is 2.10 bits per heavy atom. The lowest BCUT2D eigenvalue weighted by molar-refractivity contribution is 0.0437. The number of thiazole rings is 1. The lowest BCUT2D eigenvalue weighted by Crippen LogP contribution is -2.09. The number of aryl methyl sites for hydroxylation is 1. The maximum atomic E-state index is 11.8. The second kappa shape index (κ2) is 4.56. The van der Waals surface area contributed by atoms with E-state index in [9.17, 15) is 4.79 Å². The summed E-state index contributed by atoms with van der Waals surface area (Å²) in [7, 11) is 0. The van der Waals surface area contributed by atoms with E-state index in [0.717, 1.165) is 20.9 Å². The van der Waals surface area contributed by atoms with Gasteiger partial charge < -0.3 is 10.1 Å². The van der Waals surface area contributed by atoms with Crippen LogP contribution in [0.2, 0.25) is 0 Å². The minimum atomic E-state index is -0.463. The van der Waals surface area contributed by atoms with Gasteiger partial charge in [-0.3, -0.25) is 0 Å². The minimum absolute atomic E-state index is 0.292. The van der Waals surface area contributed by atoms with Crippen molar-refractivity contribution in [3.05, 3.63) is 59.2 Å². The Bertz CT molecular complexity index is 856. The van der Waals surface area contributed by atoms with Gasteiger partial charge in [-0.15, -0.1) is 0 Å². The Balaban J connectivity index is 1.68. The van der Waals surface area contributed by atoms with E-state index < -0.39 is 6.23 Å².